The number of thioether (sulfide) groups is 1. The normalized spacial score (nSPS) is 20.3. The van der Waals surface area contributed by atoms with E-state index >= 15 is 0 Å². The lowest BCUT2D eigenvalue weighted by Crippen LogP contribution is -2.25. The zero-order chi connectivity index (χ0) is 15.1. The zero-order valence-corrected chi connectivity index (χ0v) is 12.9. The fraction of sp³-hybridized carbons (Fsp3) is 0.0625. The summed E-state index contributed by atoms with van der Waals surface area (Å²) in [6, 6.07) is 10.5. The van der Waals surface area contributed by atoms with Gasteiger partial charge in [0.05, 0.1) is 5.04 Å². The van der Waals surface area contributed by atoms with Gasteiger partial charge in [0.1, 0.15) is 11.7 Å². The van der Waals surface area contributed by atoms with Gasteiger partial charge in [-0.2, -0.15) is 4.99 Å². The van der Waals surface area contributed by atoms with Crippen molar-refractivity contribution < 1.29 is 9.90 Å². The SMILES string of the molecule is O=C1N=C(c2ccc(O)cc2)N=C2SC=C(c3cccs3)C12. The first-order valence-corrected chi connectivity index (χ1v) is 8.39. The van der Waals surface area contributed by atoms with Crippen molar-refractivity contribution in [2.24, 2.45) is 15.9 Å². The van der Waals surface area contributed by atoms with Crippen LogP contribution in [-0.2, 0) is 4.79 Å². The lowest BCUT2D eigenvalue weighted by atomic mass is 9.98. The van der Waals surface area contributed by atoms with E-state index in [1.807, 2.05) is 22.9 Å². The summed E-state index contributed by atoms with van der Waals surface area (Å²) in [6.45, 7) is 0. The topological polar surface area (TPSA) is 62.0 Å². The maximum atomic E-state index is 12.5. The molecule has 2 aliphatic heterocycles. The van der Waals surface area contributed by atoms with E-state index in [9.17, 15) is 9.90 Å². The Balaban J connectivity index is 1.69. The molecular formula is C16H10N2O2S2. The predicted molar refractivity (Wildman–Crippen MR) is 90.5 cm³/mol. The van der Waals surface area contributed by atoms with Crippen molar-refractivity contribution in [1.82, 2.24) is 0 Å². The number of amides is 1. The molecule has 0 spiro atoms. The van der Waals surface area contributed by atoms with Crippen LogP contribution < -0.4 is 0 Å². The van der Waals surface area contributed by atoms with Gasteiger partial charge in [0.25, 0.3) is 5.91 Å². The van der Waals surface area contributed by atoms with Gasteiger partial charge in [-0.05, 0) is 46.7 Å². The van der Waals surface area contributed by atoms with Gasteiger partial charge in [-0.1, -0.05) is 17.8 Å². The highest BCUT2D eigenvalue weighted by Crippen LogP contribution is 2.41. The Labute approximate surface area is 134 Å². The number of thiophene rings is 1. The van der Waals surface area contributed by atoms with Gasteiger partial charge in [-0.3, -0.25) is 4.79 Å². The molecule has 1 amide bonds. The van der Waals surface area contributed by atoms with Crippen molar-refractivity contribution in [2.45, 2.75) is 0 Å². The van der Waals surface area contributed by atoms with E-state index in [1.54, 1.807) is 35.6 Å². The number of amidine groups is 1. The molecule has 0 fully saturated rings. The van der Waals surface area contributed by atoms with Crippen LogP contribution in [0.4, 0.5) is 0 Å². The van der Waals surface area contributed by atoms with Gasteiger partial charge in [-0.15, -0.1) is 11.3 Å². The fourth-order valence-corrected chi connectivity index (χ4v) is 4.27. The molecule has 2 aromatic rings. The van der Waals surface area contributed by atoms with E-state index in [1.165, 1.54) is 11.8 Å². The van der Waals surface area contributed by atoms with Gasteiger partial charge in [0.15, 0.2) is 5.84 Å². The number of hydrogen-bond donors (Lipinski definition) is 1. The van der Waals surface area contributed by atoms with Crippen LogP contribution in [0.5, 0.6) is 5.75 Å². The van der Waals surface area contributed by atoms with Crippen LogP contribution in [0.3, 0.4) is 0 Å². The smallest absolute Gasteiger partial charge is 0.261 e. The molecule has 1 atom stereocenters. The number of aromatic hydroxyl groups is 1. The lowest BCUT2D eigenvalue weighted by Gasteiger charge is -2.16. The first-order valence-electron chi connectivity index (χ1n) is 6.63. The highest BCUT2D eigenvalue weighted by Gasteiger charge is 2.37. The average Bonchev–Trinajstić information content (AvgIpc) is 3.16. The number of nitrogens with zero attached hydrogens (tertiary/aromatic N) is 2. The minimum atomic E-state index is -0.371. The minimum absolute atomic E-state index is 0.175. The first-order chi connectivity index (χ1) is 10.7. The number of phenols is 1. The second kappa shape index (κ2) is 5.23. The van der Waals surface area contributed by atoms with Crippen LogP contribution >= 0.6 is 23.1 Å². The predicted octanol–water partition coefficient (Wildman–Crippen LogP) is 3.54. The van der Waals surface area contributed by atoms with Crippen molar-refractivity contribution in [3.63, 3.8) is 0 Å². The molecule has 0 aliphatic carbocycles. The van der Waals surface area contributed by atoms with Gasteiger partial charge in [-0.25, -0.2) is 4.99 Å². The molecule has 0 saturated carbocycles. The second-order valence-corrected chi connectivity index (χ2v) is 6.71. The summed E-state index contributed by atoms with van der Waals surface area (Å²) < 4.78 is 0. The molecular weight excluding hydrogens is 316 g/mol. The minimum Gasteiger partial charge on any atom is -0.508 e. The Morgan fingerprint density at radius 2 is 1.91 bits per heavy atom. The summed E-state index contributed by atoms with van der Waals surface area (Å²) in [6.07, 6.45) is 0. The maximum absolute atomic E-state index is 12.5. The quantitative estimate of drug-likeness (QED) is 0.918. The van der Waals surface area contributed by atoms with Gasteiger partial charge in [0, 0.05) is 10.4 Å². The number of carbonyl (C=O) groups is 1. The molecule has 4 rings (SSSR count). The molecule has 1 aromatic carbocycles. The van der Waals surface area contributed by atoms with E-state index < -0.39 is 0 Å². The summed E-state index contributed by atoms with van der Waals surface area (Å²) in [5.74, 6) is 0.0284. The highest BCUT2D eigenvalue weighted by atomic mass is 32.2. The van der Waals surface area contributed by atoms with E-state index in [0.29, 0.717) is 5.84 Å². The van der Waals surface area contributed by atoms with Gasteiger partial charge >= 0.3 is 0 Å². The Morgan fingerprint density at radius 3 is 2.64 bits per heavy atom. The fourth-order valence-electron chi connectivity index (χ4n) is 2.40. The molecule has 1 N–H and O–H groups in total. The van der Waals surface area contributed by atoms with Crippen LogP contribution in [0.25, 0.3) is 5.57 Å². The zero-order valence-electron chi connectivity index (χ0n) is 11.3. The van der Waals surface area contributed by atoms with Crippen LogP contribution in [0.2, 0.25) is 0 Å². The summed E-state index contributed by atoms with van der Waals surface area (Å²) in [4.78, 5) is 22.2. The van der Waals surface area contributed by atoms with Crippen LogP contribution in [-0.4, -0.2) is 21.9 Å². The Morgan fingerprint density at radius 1 is 1.09 bits per heavy atom. The van der Waals surface area contributed by atoms with E-state index in [-0.39, 0.29) is 17.6 Å². The molecule has 6 heteroatoms. The maximum Gasteiger partial charge on any atom is 0.261 e. The lowest BCUT2D eigenvalue weighted by molar-refractivity contribution is -0.118. The van der Waals surface area contributed by atoms with Crippen LogP contribution in [0.15, 0.2) is 57.2 Å². The standard InChI is InChI=1S/C16H10N2O2S2/c19-10-5-3-9(4-6-10)14-17-15(20)13-11(8-22-16(13)18-14)12-2-1-7-21-12/h1-8,13,19H. The number of rotatable bonds is 2. The molecule has 108 valence electrons. The molecule has 4 nitrogen and oxygen atoms in total. The van der Waals surface area contributed by atoms with Crippen molar-refractivity contribution in [1.29, 1.82) is 0 Å². The van der Waals surface area contributed by atoms with Crippen molar-refractivity contribution in [3.8, 4) is 5.75 Å². The van der Waals surface area contributed by atoms with Crippen molar-refractivity contribution in [3.05, 3.63) is 57.6 Å². The third kappa shape index (κ3) is 2.20. The Bertz CT molecular complexity index is 834. The molecule has 22 heavy (non-hydrogen) atoms. The molecule has 1 aromatic heterocycles. The summed E-state index contributed by atoms with van der Waals surface area (Å²) in [5, 5.41) is 14.1. The second-order valence-electron chi connectivity index (χ2n) is 4.87. The first kappa shape index (κ1) is 13.5. The Hall–Kier alpha value is -2.18. The third-order valence-corrected chi connectivity index (χ3v) is 5.33. The molecule has 0 radical (unpaired) electrons. The molecule has 0 saturated heterocycles. The van der Waals surface area contributed by atoms with Crippen LogP contribution in [0.1, 0.15) is 10.4 Å². The molecule has 2 aliphatic rings. The number of carbonyl (C=O) groups excluding carboxylic acids is 1. The van der Waals surface area contributed by atoms with E-state index in [0.717, 1.165) is 21.1 Å². The van der Waals surface area contributed by atoms with Crippen molar-refractivity contribution in [2.75, 3.05) is 0 Å². The van der Waals surface area contributed by atoms with E-state index in [4.69, 9.17) is 0 Å². The van der Waals surface area contributed by atoms with Crippen LogP contribution in [0, 0.1) is 5.92 Å². The number of benzene rings is 1. The van der Waals surface area contributed by atoms with Gasteiger partial charge in [0.2, 0.25) is 0 Å². The highest BCUT2D eigenvalue weighted by molar-refractivity contribution is 8.17. The number of aliphatic imine (C=N–C) groups is 2. The van der Waals surface area contributed by atoms with E-state index in [2.05, 4.69) is 9.98 Å². The number of phenolic OH excluding ortho intramolecular Hbond substituents is 1. The summed E-state index contributed by atoms with van der Waals surface area (Å²) >= 11 is 3.09. The molecule has 0 bridgehead atoms. The Kier molecular flexibility index (Phi) is 3.20. The summed E-state index contributed by atoms with van der Waals surface area (Å²) in [5.41, 5.74) is 1.71. The average molecular weight is 326 g/mol. The molecule has 1 unspecified atom stereocenters. The largest absolute Gasteiger partial charge is 0.508 e. The van der Waals surface area contributed by atoms with Crippen molar-refractivity contribution >= 4 is 45.5 Å². The number of hydrogen-bond acceptors (Lipinski definition) is 5. The van der Waals surface area contributed by atoms with Gasteiger partial charge < -0.3 is 5.11 Å². The number of fused-ring (bicyclic) bond motifs is 1. The summed E-state index contributed by atoms with van der Waals surface area (Å²) in [7, 11) is 0. The molecule has 3 heterocycles. The monoisotopic (exact) mass is 326 g/mol. The third-order valence-electron chi connectivity index (χ3n) is 3.47.